The van der Waals surface area contributed by atoms with E-state index in [4.69, 9.17) is 27.5 Å². The molecule has 23 heavy (non-hydrogen) atoms. The molecule has 0 saturated carbocycles. The van der Waals surface area contributed by atoms with Gasteiger partial charge < -0.3 is 14.8 Å². The SMILES string of the molecule is C#CCOc1c(Cl)cc(CNc2cc(C)ccc2C)cc1OC. The van der Waals surface area contributed by atoms with Gasteiger partial charge in [0.25, 0.3) is 0 Å². The van der Waals surface area contributed by atoms with Gasteiger partial charge in [0.15, 0.2) is 11.5 Å². The van der Waals surface area contributed by atoms with Crippen LogP contribution in [0.5, 0.6) is 11.5 Å². The Morgan fingerprint density at radius 1 is 1.22 bits per heavy atom. The first-order chi connectivity index (χ1) is 11.0. The van der Waals surface area contributed by atoms with Crippen LogP contribution in [-0.4, -0.2) is 13.7 Å². The van der Waals surface area contributed by atoms with Gasteiger partial charge in [-0.05, 0) is 48.7 Å². The van der Waals surface area contributed by atoms with E-state index in [0.717, 1.165) is 11.3 Å². The fraction of sp³-hybridized carbons (Fsp3) is 0.263. The Balaban J connectivity index is 2.19. The molecule has 2 aromatic carbocycles. The van der Waals surface area contributed by atoms with Crippen LogP contribution in [0.3, 0.4) is 0 Å². The normalized spacial score (nSPS) is 10.0. The Kier molecular flexibility index (Phi) is 5.78. The molecule has 0 aliphatic heterocycles. The third-order valence-electron chi connectivity index (χ3n) is 3.47. The molecule has 0 amide bonds. The van der Waals surface area contributed by atoms with E-state index < -0.39 is 0 Å². The van der Waals surface area contributed by atoms with Gasteiger partial charge in [-0.15, -0.1) is 6.42 Å². The molecule has 2 rings (SSSR count). The van der Waals surface area contributed by atoms with Crippen LogP contribution in [0, 0.1) is 26.2 Å². The highest BCUT2D eigenvalue weighted by Crippen LogP contribution is 2.36. The Morgan fingerprint density at radius 2 is 2.00 bits per heavy atom. The molecular formula is C19H20ClNO2. The number of aryl methyl sites for hydroxylation is 2. The largest absolute Gasteiger partial charge is 0.493 e. The molecule has 1 N–H and O–H groups in total. The number of methoxy groups -OCH3 is 1. The maximum atomic E-state index is 6.29. The van der Waals surface area contributed by atoms with Crippen LogP contribution in [-0.2, 0) is 6.54 Å². The second-order valence-corrected chi connectivity index (χ2v) is 5.68. The van der Waals surface area contributed by atoms with Crippen molar-refractivity contribution < 1.29 is 9.47 Å². The van der Waals surface area contributed by atoms with Crippen molar-refractivity contribution in [1.29, 1.82) is 0 Å². The molecule has 0 aromatic heterocycles. The fourth-order valence-corrected chi connectivity index (χ4v) is 2.54. The van der Waals surface area contributed by atoms with Gasteiger partial charge in [-0.25, -0.2) is 0 Å². The molecule has 0 unspecified atom stereocenters. The lowest BCUT2D eigenvalue weighted by Crippen LogP contribution is -2.03. The molecule has 0 spiro atoms. The number of anilines is 1. The van der Waals surface area contributed by atoms with Gasteiger partial charge in [0.1, 0.15) is 6.61 Å². The molecule has 0 aliphatic rings. The van der Waals surface area contributed by atoms with Gasteiger partial charge in [-0.2, -0.15) is 0 Å². The predicted octanol–water partition coefficient (Wildman–Crippen LogP) is 4.59. The van der Waals surface area contributed by atoms with Crippen LogP contribution < -0.4 is 14.8 Å². The number of rotatable bonds is 6. The Hall–Kier alpha value is -2.31. The van der Waals surface area contributed by atoms with Crippen LogP contribution in [0.15, 0.2) is 30.3 Å². The molecule has 0 heterocycles. The summed E-state index contributed by atoms with van der Waals surface area (Å²) in [4.78, 5) is 0. The minimum Gasteiger partial charge on any atom is -0.493 e. The van der Waals surface area contributed by atoms with Crippen LogP contribution >= 0.6 is 11.6 Å². The second-order valence-electron chi connectivity index (χ2n) is 5.27. The molecule has 0 atom stereocenters. The van der Waals surface area contributed by atoms with Crippen molar-refractivity contribution in [2.24, 2.45) is 0 Å². The van der Waals surface area contributed by atoms with E-state index in [0.29, 0.717) is 23.1 Å². The van der Waals surface area contributed by atoms with Crippen molar-refractivity contribution in [2.45, 2.75) is 20.4 Å². The van der Waals surface area contributed by atoms with Gasteiger partial charge in [-0.1, -0.05) is 29.7 Å². The standard InChI is InChI=1S/C19H20ClNO2/c1-5-8-23-19-16(20)10-15(11-18(19)22-4)12-21-17-9-13(2)6-7-14(17)3/h1,6-7,9-11,21H,8,12H2,2-4H3. The summed E-state index contributed by atoms with van der Waals surface area (Å²) in [5.41, 5.74) is 4.52. The third kappa shape index (κ3) is 4.34. The summed E-state index contributed by atoms with van der Waals surface area (Å²) in [6.07, 6.45) is 5.22. The van der Waals surface area contributed by atoms with Gasteiger partial charge in [0, 0.05) is 12.2 Å². The zero-order valence-electron chi connectivity index (χ0n) is 13.6. The molecule has 0 radical (unpaired) electrons. The first kappa shape index (κ1) is 17.1. The van der Waals surface area contributed by atoms with Crippen molar-refractivity contribution in [3.05, 3.63) is 52.0 Å². The lowest BCUT2D eigenvalue weighted by Gasteiger charge is -2.14. The quantitative estimate of drug-likeness (QED) is 0.786. The summed E-state index contributed by atoms with van der Waals surface area (Å²) in [5, 5.41) is 3.91. The highest BCUT2D eigenvalue weighted by atomic mass is 35.5. The first-order valence-electron chi connectivity index (χ1n) is 7.29. The summed E-state index contributed by atoms with van der Waals surface area (Å²) in [6, 6.07) is 10.1. The summed E-state index contributed by atoms with van der Waals surface area (Å²) < 4.78 is 10.8. The molecule has 0 fully saturated rings. The lowest BCUT2D eigenvalue weighted by molar-refractivity contribution is 0.331. The number of halogens is 1. The maximum Gasteiger partial charge on any atom is 0.181 e. The molecule has 3 nitrogen and oxygen atoms in total. The monoisotopic (exact) mass is 329 g/mol. The van der Waals surface area contributed by atoms with Crippen molar-refractivity contribution >= 4 is 17.3 Å². The Morgan fingerprint density at radius 3 is 2.70 bits per heavy atom. The number of hydrogen-bond acceptors (Lipinski definition) is 3. The van der Waals surface area contributed by atoms with Crippen LogP contribution in [0.4, 0.5) is 5.69 Å². The number of ether oxygens (including phenoxy) is 2. The average Bonchev–Trinajstić information content (AvgIpc) is 2.54. The highest BCUT2D eigenvalue weighted by Gasteiger charge is 2.12. The van der Waals surface area contributed by atoms with Gasteiger partial charge >= 0.3 is 0 Å². The second kappa shape index (κ2) is 7.80. The summed E-state index contributed by atoms with van der Waals surface area (Å²) >= 11 is 6.29. The Bertz CT molecular complexity index is 735. The summed E-state index contributed by atoms with van der Waals surface area (Å²) in [6.45, 7) is 4.93. The van der Waals surface area contributed by atoms with E-state index in [9.17, 15) is 0 Å². The smallest absolute Gasteiger partial charge is 0.181 e. The zero-order valence-corrected chi connectivity index (χ0v) is 14.3. The molecule has 120 valence electrons. The van der Waals surface area contributed by atoms with Crippen molar-refractivity contribution in [1.82, 2.24) is 0 Å². The van der Waals surface area contributed by atoms with Gasteiger partial charge in [-0.3, -0.25) is 0 Å². The van der Waals surface area contributed by atoms with E-state index in [1.54, 1.807) is 7.11 Å². The van der Waals surface area contributed by atoms with Gasteiger partial charge in [0.2, 0.25) is 0 Å². The van der Waals surface area contributed by atoms with E-state index in [2.05, 4.69) is 43.3 Å². The first-order valence-corrected chi connectivity index (χ1v) is 7.66. The van der Waals surface area contributed by atoms with Crippen molar-refractivity contribution in [3.63, 3.8) is 0 Å². The molecule has 4 heteroatoms. The minimum atomic E-state index is 0.149. The molecular weight excluding hydrogens is 310 g/mol. The molecule has 0 saturated heterocycles. The average molecular weight is 330 g/mol. The maximum absolute atomic E-state index is 6.29. The highest BCUT2D eigenvalue weighted by molar-refractivity contribution is 6.32. The van der Waals surface area contributed by atoms with Crippen molar-refractivity contribution in [2.75, 3.05) is 19.0 Å². The number of nitrogens with one attached hydrogen (secondary N) is 1. The van der Waals surface area contributed by atoms with E-state index in [-0.39, 0.29) is 6.61 Å². The fourth-order valence-electron chi connectivity index (χ4n) is 2.25. The number of terminal acetylenes is 1. The zero-order chi connectivity index (χ0) is 16.8. The predicted molar refractivity (Wildman–Crippen MR) is 95.6 cm³/mol. The number of hydrogen-bond donors (Lipinski definition) is 1. The van der Waals surface area contributed by atoms with Crippen LogP contribution in [0.25, 0.3) is 0 Å². The molecule has 0 bridgehead atoms. The van der Waals surface area contributed by atoms with Crippen LogP contribution in [0.1, 0.15) is 16.7 Å². The number of benzene rings is 2. The Labute approximate surface area is 142 Å². The van der Waals surface area contributed by atoms with E-state index in [1.807, 2.05) is 12.1 Å². The van der Waals surface area contributed by atoms with Gasteiger partial charge in [0.05, 0.1) is 12.1 Å². The van der Waals surface area contributed by atoms with E-state index >= 15 is 0 Å². The molecule has 0 aliphatic carbocycles. The third-order valence-corrected chi connectivity index (χ3v) is 3.75. The van der Waals surface area contributed by atoms with Crippen LogP contribution in [0.2, 0.25) is 5.02 Å². The van der Waals surface area contributed by atoms with E-state index in [1.165, 1.54) is 11.1 Å². The summed E-state index contributed by atoms with van der Waals surface area (Å²) in [7, 11) is 1.58. The van der Waals surface area contributed by atoms with Crippen molar-refractivity contribution in [3.8, 4) is 23.8 Å². The summed E-state index contributed by atoms with van der Waals surface area (Å²) in [5.74, 6) is 3.47. The topological polar surface area (TPSA) is 30.5 Å². The minimum absolute atomic E-state index is 0.149. The molecule has 2 aromatic rings. The lowest BCUT2D eigenvalue weighted by atomic mass is 10.1.